The molecule has 6 nitrogen and oxygen atoms in total. The van der Waals surface area contributed by atoms with Crippen LogP contribution in [0.3, 0.4) is 0 Å². The largest absolute Gasteiger partial charge is 0.497 e. The van der Waals surface area contributed by atoms with Crippen molar-refractivity contribution >= 4 is 34.4 Å². The number of esters is 1. The van der Waals surface area contributed by atoms with Crippen molar-refractivity contribution in [1.29, 1.82) is 0 Å². The number of ether oxygens (including phenoxy) is 2. The van der Waals surface area contributed by atoms with Crippen molar-refractivity contribution in [2.45, 2.75) is 26.2 Å². The van der Waals surface area contributed by atoms with Gasteiger partial charge in [0.15, 0.2) is 6.61 Å². The summed E-state index contributed by atoms with van der Waals surface area (Å²) in [5.41, 5.74) is 5.05. The van der Waals surface area contributed by atoms with E-state index in [1.807, 2.05) is 55.5 Å². The minimum Gasteiger partial charge on any atom is -0.497 e. The fraction of sp³-hybridized carbons (Fsp3) is 0.269. The van der Waals surface area contributed by atoms with E-state index in [2.05, 4.69) is 11.4 Å². The molecular formula is C26H26N2O4. The molecule has 0 radical (unpaired) electrons. The maximum absolute atomic E-state index is 13.1. The quantitative estimate of drug-likeness (QED) is 0.562. The highest BCUT2D eigenvalue weighted by Crippen LogP contribution is 2.37. The lowest BCUT2D eigenvalue weighted by atomic mass is 10.0. The number of hydrogen-bond donors (Lipinski definition) is 1. The topological polar surface area (TPSA) is 77.5 Å². The Bertz CT molecular complexity index is 1180. The number of benzene rings is 2. The Balaban J connectivity index is 1.69. The lowest BCUT2D eigenvalue weighted by Crippen LogP contribution is -2.29. The van der Waals surface area contributed by atoms with Crippen LogP contribution in [0.2, 0.25) is 0 Å². The van der Waals surface area contributed by atoms with Crippen molar-refractivity contribution < 1.29 is 19.1 Å². The van der Waals surface area contributed by atoms with Crippen LogP contribution in [0.5, 0.6) is 5.75 Å². The third kappa shape index (κ3) is 4.49. The fourth-order valence-corrected chi connectivity index (χ4v) is 3.93. The molecule has 0 saturated heterocycles. The number of allylic oxidation sites excluding steroid dienone is 1. The van der Waals surface area contributed by atoms with Gasteiger partial charge in [-0.25, -0.2) is 9.78 Å². The van der Waals surface area contributed by atoms with Gasteiger partial charge in [0.05, 0.1) is 23.9 Å². The Morgan fingerprint density at radius 1 is 1.09 bits per heavy atom. The van der Waals surface area contributed by atoms with Gasteiger partial charge in [-0.3, -0.25) is 4.79 Å². The predicted octanol–water partition coefficient (Wildman–Crippen LogP) is 4.41. The van der Waals surface area contributed by atoms with Crippen molar-refractivity contribution in [2.75, 3.05) is 20.3 Å². The highest BCUT2D eigenvalue weighted by molar-refractivity contribution is 6.07. The van der Waals surface area contributed by atoms with E-state index in [0.717, 1.165) is 51.9 Å². The highest BCUT2D eigenvalue weighted by Gasteiger charge is 2.27. The minimum atomic E-state index is -0.489. The van der Waals surface area contributed by atoms with E-state index in [1.54, 1.807) is 7.11 Å². The number of pyridine rings is 1. The van der Waals surface area contributed by atoms with Crippen molar-refractivity contribution in [3.63, 3.8) is 0 Å². The average Bonchev–Trinajstić information content (AvgIpc) is 3.22. The number of carbonyl (C=O) groups is 2. The molecule has 2 aromatic carbocycles. The molecular weight excluding hydrogens is 404 g/mol. The smallest absolute Gasteiger partial charge is 0.339 e. The van der Waals surface area contributed by atoms with E-state index in [-0.39, 0.29) is 12.5 Å². The Kier molecular flexibility index (Phi) is 6.50. The predicted molar refractivity (Wildman–Crippen MR) is 125 cm³/mol. The van der Waals surface area contributed by atoms with E-state index < -0.39 is 5.97 Å². The summed E-state index contributed by atoms with van der Waals surface area (Å²) in [6.07, 6.45) is 4.40. The number of amides is 1. The molecule has 1 amide bonds. The lowest BCUT2D eigenvalue weighted by molar-refractivity contribution is -0.124. The van der Waals surface area contributed by atoms with Gasteiger partial charge in [-0.2, -0.15) is 0 Å². The van der Waals surface area contributed by atoms with E-state index in [4.69, 9.17) is 14.5 Å². The number of fused-ring (bicyclic) bond motifs is 2. The second-order valence-electron chi connectivity index (χ2n) is 7.70. The van der Waals surface area contributed by atoms with Gasteiger partial charge in [-0.1, -0.05) is 37.3 Å². The third-order valence-electron chi connectivity index (χ3n) is 5.51. The van der Waals surface area contributed by atoms with Crippen LogP contribution in [-0.4, -0.2) is 37.1 Å². The van der Waals surface area contributed by atoms with Gasteiger partial charge in [0.25, 0.3) is 5.91 Å². The lowest BCUT2D eigenvalue weighted by Gasteiger charge is -2.12. The molecule has 0 spiro atoms. The molecule has 1 heterocycles. The SMILES string of the molecule is CCCNC(=O)COC(=O)c1c2c(nc3ccccc13)/C(=C/c1ccc(OC)cc1)CC2. The Morgan fingerprint density at radius 3 is 2.62 bits per heavy atom. The van der Waals surface area contributed by atoms with Crippen LogP contribution in [0.15, 0.2) is 48.5 Å². The van der Waals surface area contributed by atoms with Crippen LogP contribution in [-0.2, 0) is 16.0 Å². The molecule has 1 N–H and O–H groups in total. The third-order valence-corrected chi connectivity index (χ3v) is 5.51. The molecule has 1 aromatic heterocycles. The molecule has 164 valence electrons. The first-order valence-corrected chi connectivity index (χ1v) is 10.8. The summed E-state index contributed by atoms with van der Waals surface area (Å²) >= 11 is 0. The van der Waals surface area contributed by atoms with Crippen LogP contribution in [0.1, 0.15) is 46.9 Å². The number of para-hydroxylation sites is 1. The Labute approximate surface area is 187 Å². The number of aromatic nitrogens is 1. The fourth-order valence-electron chi connectivity index (χ4n) is 3.93. The molecule has 1 aliphatic carbocycles. The number of hydrogen-bond acceptors (Lipinski definition) is 5. The molecule has 3 aromatic rings. The summed E-state index contributed by atoms with van der Waals surface area (Å²) in [6, 6.07) is 15.4. The summed E-state index contributed by atoms with van der Waals surface area (Å²) < 4.78 is 10.6. The molecule has 0 fully saturated rings. The van der Waals surface area contributed by atoms with Crippen molar-refractivity contribution in [3.05, 3.63) is 70.9 Å². The Morgan fingerprint density at radius 2 is 1.88 bits per heavy atom. The number of carbonyl (C=O) groups excluding carboxylic acids is 2. The van der Waals surface area contributed by atoms with Crippen LogP contribution >= 0.6 is 0 Å². The molecule has 0 saturated carbocycles. The van der Waals surface area contributed by atoms with Crippen molar-refractivity contribution in [1.82, 2.24) is 10.3 Å². The second-order valence-corrected chi connectivity index (χ2v) is 7.70. The van der Waals surface area contributed by atoms with Gasteiger partial charge < -0.3 is 14.8 Å². The van der Waals surface area contributed by atoms with E-state index >= 15 is 0 Å². The van der Waals surface area contributed by atoms with Gasteiger partial charge in [0.1, 0.15) is 5.75 Å². The molecule has 1 aliphatic rings. The summed E-state index contributed by atoms with van der Waals surface area (Å²) in [5, 5.41) is 3.47. The average molecular weight is 431 g/mol. The monoisotopic (exact) mass is 430 g/mol. The molecule has 32 heavy (non-hydrogen) atoms. The van der Waals surface area contributed by atoms with Gasteiger partial charge in [-0.15, -0.1) is 0 Å². The summed E-state index contributed by atoms with van der Waals surface area (Å²) in [5.74, 6) is 0.0172. The Hall–Kier alpha value is -3.67. The number of rotatable bonds is 7. The van der Waals surface area contributed by atoms with E-state index in [9.17, 15) is 9.59 Å². The second kappa shape index (κ2) is 9.64. The molecule has 0 atom stereocenters. The zero-order valence-electron chi connectivity index (χ0n) is 18.3. The maximum Gasteiger partial charge on any atom is 0.339 e. The van der Waals surface area contributed by atoms with E-state index in [0.29, 0.717) is 18.5 Å². The van der Waals surface area contributed by atoms with Gasteiger partial charge in [0, 0.05) is 11.9 Å². The summed E-state index contributed by atoms with van der Waals surface area (Å²) in [4.78, 5) is 29.9. The van der Waals surface area contributed by atoms with Gasteiger partial charge in [-0.05, 0) is 60.2 Å². The molecule has 4 rings (SSSR count). The standard InChI is InChI=1S/C26H26N2O4/c1-3-14-27-23(29)16-32-26(30)24-20-6-4-5-7-22(20)28-25-18(10-13-21(24)25)15-17-8-11-19(31-2)12-9-17/h4-9,11-12,15H,3,10,13-14,16H2,1-2H3,(H,27,29)/b18-15+. The number of methoxy groups -OCH3 is 1. The summed E-state index contributed by atoms with van der Waals surface area (Å²) in [6.45, 7) is 2.23. The molecule has 0 bridgehead atoms. The first kappa shape index (κ1) is 21.6. The van der Waals surface area contributed by atoms with Crippen molar-refractivity contribution in [2.24, 2.45) is 0 Å². The van der Waals surface area contributed by atoms with Crippen LogP contribution in [0, 0.1) is 0 Å². The van der Waals surface area contributed by atoms with Gasteiger partial charge in [0.2, 0.25) is 0 Å². The van der Waals surface area contributed by atoms with Crippen LogP contribution in [0.4, 0.5) is 0 Å². The van der Waals surface area contributed by atoms with Crippen LogP contribution < -0.4 is 10.1 Å². The van der Waals surface area contributed by atoms with Crippen molar-refractivity contribution in [3.8, 4) is 5.75 Å². The number of nitrogens with zero attached hydrogens (tertiary/aromatic N) is 1. The zero-order valence-corrected chi connectivity index (χ0v) is 18.3. The normalized spacial score (nSPS) is 13.8. The van der Waals surface area contributed by atoms with Gasteiger partial charge >= 0.3 is 5.97 Å². The minimum absolute atomic E-state index is 0.293. The maximum atomic E-state index is 13.1. The first-order chi connectivity index (χ1) is 15.6. The molecule has 0 aliphatic heterocycles. The molecule has 6 heteroatoms. The first-order valence-electron chi connectivity index (χ1n) is 10.8. The summed E-state index contributed by atoms with van der Waals surface area (Å²) in [7, 11) is 1.64. The number of nitrogens with one attached hydrogen (secondary N) is 1. The van der Waals surface area contributed by atoms with E-state index in [1.165, 1.54) is 0 Å². The van der Waals surface area contributed by atoms with Crippen LogP contribution in [0.25, 0.3) is 22.6 Å². The highest BCUT2D eigenvalue weighted by atomic mass is 16.5. The zero-order chi connectivity index (χ0) is 22.5. The molecule has 0 unspecified atom stereocenters.